The molecule has 0 atom stereocenters. The number of rotatable bonds is 4. The van der Waals surface area contributed by atoms with Gasteiger partial charge in [-0.2, -0.15) is 0 Å². The molecule has 3 rings (SSSR count). The maximum Gasteiger partial charge on any atom is 0.266 e. The van der Waals surface area contributed by atoms with E-state index >= 15 is 0 Å². The fourth-order valence-electron chi connectivity index (χ4n) is 2.53. The molecule has 1 aromatic rings. The van der Waals surface area contributed by atoms with Crippen molar-refractivity contribution in [1.29, 1.82) is 0 Å². The van der Waals surface area contributed by atoms with Crippen LogP contribution in [-0.4, -0.2) is 59.4 Å². The summed E-state index contributed by atoms with van der Waals surface area (Å²) in [7, 11) is 0. The van der Waals surface area contributed by atoms with Crippen LogP contribution in [0.5, 0.6) is 0 Å². The molecule has 4 nitrogen and oxygen atoms in total. The molecule has 8 heteroatoms. The van der Waals surface area contributed by atoms with E-state index in [-0.39, 0.29) is 11.7 Å². The minimum absolute atomic E-state index is 0.155. The number of benzene rings is 1. The molecular formula is C16H16BrFN2O2S2. The molecule has 2 heterocycles. The van der Waals surface area contributed by atoms with E-state index in [2.05, 4.69) is 20.8 Å². The Balaban J connectivity index is 1.69. The van der Waals surface area contributed by atoms with Crippen molar-refractivity contribution in [3.8, 4) is 0 Å². The zero-order chi connectivity index (χ0) is 17.1. The summed E-state index contributed by atoms with van der Waals surface area (Å²) >= 11 is 9.85. The first-order valence-electron chi connectivity index (χ1n) is 7.55. The second kappa shape index (κ2) is 8.05. The highest BCUT2D eigenvalue weighted by molar-refractivity contribution is 9.10. The van der Waals surface area contributed by atoms with Crippen molar-refractivity contribution < 1.29 is 13.9 Å². The van der Waals surface area contributed by atoms with Crippen LogP contribution in [0, 0.1) is 5.82 Å². The van der Waals surface area contributed by atoms with Crippen molar-refractivity contribution in [1.82, 2.24) is 9.80 Å². The van der Waals surface area contributed by atoms with Gasteiger partial charge in [0.25, 0.3) is 5.91 Å². The Labute approximate surface area is 158 Å². The van der Waals surface area contributed by atoms with Crippen molar-refractivity contribution in [2.45, 2.75) is 0 Å². The third kappa shape index (κ3) is 4.23. The highest BCUT2D eigenvalue weighted by Crippen LogP contribution is 2.33. The van der Waals surface area contributed by atoms with E-state index in [0.717, 1.165) is 37.3 Å². The molecule has 0 spiro atoms. The van der Waals surface area contributed by atoms with Gasteiger partial charge >= 0.3 is 0 Å². The van der Waals surface area contributed by atoms with Gasteiger partial charge in [0.1, 0.15) is 10.1 Å². The predicted molar refractivity (Wildman–Crippen MR) is 101 cm³/mol. The Hall–Kier alpha value is -0.800. The Morgan fingerprint density at radius 1 is 1.33 bits per heavy atom. The molecule has 0 unspecified atom stereocenters. The molecule has 0 N–H and O–H groups in total. The van der Waals surface area contributed by atoms with Crippen LogP contribution in [0.25, 0.3) is 6.08 Å². The number of hydrogen-bond acceptors (Lipinski definition) is 5. The Kier molecular flexibility index (Phi) is 6.04. The van der Waals surface area contributed by atoms with E-state index in [9.17, 15) is 9.18 Å². The van der Waals surface area contributed by atoms with E-state index in [4.69, 9.17) is 17.0 Å². The molecule has 1 amide bonds. The van der Waals surface area contributed by atoms with Crippen molar-refractivity contribution in [2.24, 2.45) is 0 Å². The molecule has 2 aliphatic rings. The van der Waals surface area contributed by atoms with Gasteiger partial charge in [0, 0.05) is 36.2 Å². The van der Waals surface area contributed by atoms with Crippen LogP contribution >= 0.6 is 39.9 Å². The van der Waals surface area contributed by atoms with Crippen LogP contribution in [0.3, 0.4) is 0 Å². The zero-order valence-corrected chi connectivity index (χ0v) is 16.1. The Bertz CT molecular complexity index is 693. The number of carbonyl (C=O) groups is 1. The molecule has 0 bridgehead atoms. The first-order valence-corrected chi connectivity index (χ1v) is 9.57. The number of hydrogen-bond donors (Lipinski definition) is 0. The number of ether oxygens (including phenoxy) is 1. The number of halogens is 2. The number of thioether (sulfide) groups is 1. The number of nitrogens with zero attached hydrogens (tertiary/aromatic N) is 2. The largest absolute Gasteiger partial charge is 0.379 e. The van der Waals surface area contributed by atoms with Crippen molar-refractivity contribution in [2.75, 3.05) is 39.4 Å². The van der Waals surface area contributed by atoms with Gasteiger partial charge in [0.15, 0.2) is 0 Å². The van der Waals surface area contributed by atoms with Crippen molar-refractivity contribution >= 4 is 56.2 Å². The fourth-order valence-corrected chi connectivity index (χ4v) is 4.20. The first kappa shape index (κ1) is 18.0. The zero-order valence-electron chi connectivity index (χ0n) is 12.8. The highest BCUT2D eigenvalue weighted by atomic mass is 79.9. The van der Waals surface area contributed by atoms with Crippen LogP contribution in [0.2, 0.25) is 0 Å². The maximum absolute atomic E-state index is 13.9. The topological polar surface area (TPSA) is 32.8 Å². The molecule has 0 aromatic heterocycles. The molecule has 24 heavy (non-hydrogen) atoms. The quantitative estimate of drug-likeness (QED) is 0.541. The van der Waals surface area contributed by atoms with Gasteiger partial charge in [-0.1, -0.05) is 39.9 Å². The van der Waals surface area contributed by atoms with Crippen LogP contribution in [0.4, 0.5) is 4.39 Å². The minimum atomic E-state index is -0.364. The minimum Gasteiger partial charge on any atom is -0.379 e. The third-order valence-corrected chi connectivity index (χ3v) is 5.73. The summed E-state index contributed by atoms with van der Waals surface area (Å²) in [6, 6.07) is 4.64. The lowest BCUT2D eigenvalue weighted by molar-refractivity contribution is -0.122. The van der Waals surface area contributed by atoms with Crippen LogP contribution in [0.1, 0.15) is 5.56 Å². The second-order valence-corrected chi connectivity index (χ2v) is 8.04. The lowest BCUT2D eigenvalue weighted by Crippen LogP contribution is -2.42. The van der Waals surface area contributed by atoms with Gasteiger partial charge in [0.05, 0.1) is 18.1 Å². The highest BCUT2D eigenvalue weighted by Gasteiger charge is 2.32. The molecule has 1 aromatic carbocycles. The van der Waals surface area contributed by atoms with Gasteiger partial charge in [-0.25, -0.2) is 4.39 Å². The average molecular weight is 431 g/mol. The van der Waals surface area contributed by atoms with Crippen LogP contribution in [0.15, 0.2) is 27.6 Å². The van der Waals surface area contributed by atoms with Gasteiger partial charge in [0.2, 0.25) is 0 Å². The number of amides is 1. The van der Waals surface area contributed by atoms with Gasteiger partial charge < -0.3 is 4.74 Å². The third-order valence-electron chi connectivity index (χ3n) is 3.86. The van der Waals surface area contributed by atoms with E-state index < -0.39 is 0 Å². The molecule has 0 saturated carbocycles. The smallest absolute Gasteiger partial charge is 0.266 e. The normalized spacial score (nSPS) is 21.1. The molecule has 2 saturated heterocycles. The second-order valence-electron chi connectivity index (χ2n) is 5.45. The van der Waals surface area contributed by atoms with Gasteiger partial charge in [-0.3, -0.25) is 14.6 Å². The predicted octanol–water partition coefficient (Wildman–Crippen LogP) is 3.12. The molecule has 128 valence electrons. The molecule has 2 aliphatic heterocycles. The lowest BCUT2D eigenvalue weighted by atomic mass is 10.2. The van der Waals surface area contributed by atoms with Crippen LogP contribution < -0.4 is 0 Å². The summed E-state index contributed by atoms with van der Waals surface area (Å²) in [5, 5.41) is 0. The number of carbonyl (C=O) groups excluding carboxylic acids is 1. The first-order chi connectivity index (χ1) is 11.5. The summed E-state index contributed by atoms with van der Waals surface area (Å²) < 4.78 is 20.5. The summed E-state index contributed by atoms with van der Waals surface area (Å²) in [5.74, 6) is -0.519. The fraction of sp³-hybridized carbons (Fsp3) is 0.375. The van der Waals surface area contributed by atoms with Gasteiger partial charge in [-0.15, -0.1) is 0 Å². The van der Waals surface area contributed by atoms with E-state index in [1.54, 1.807) is 23.1 Å². The van der Waals surface area contributed by atoms with E-state index in [0.29, 0.717) is 21.3 Å². The lowest BCUT2D eigenvalue weighted by Gasteiger charge is -2.28. The average Bonchev–Trinajstić information content (AvgIpc) is 2.84. The van der Waals surface area contributed by atoms with E-state index in [1.165, 1.54) is 17.8 Å². The maximum atomic E-state index is 13.9. The standard InChI is InChI=1S/C16H16BrFN2O2S2/c17-12-1-2-13(18)11(9-12)10-14-15(21)20(16(23)24-14)4-3-19-5-7-22-8-6-19/h1-2,9-10H,3-8H2/b14-10-. The summed E-state index contributed by atoms with van der Waals surface area (Å²) in [5.41, 5.74) is 0.373. The van der Waals surface area contributed by atoms with Crippen molar-refractivity contribution in [3.63, 3.8) is 0 Å². The molecule has 0 aliphatic carbocycles. The van der Waals surface area contributed by atoms with E-state index in [1.807, 2.05) is 0 Å². The Morgan fingerprint density at radius 3 is 2.83 bits per heavy atom. The SMILES string of the molecule is O=C1/C(=C/c2cc(Br)ccc2F)SC(=S)N1CCN1CCOCC1. The number of thiocarbonyl (C=S) groups is 1. The van der Waals surface area contributed by atoms with Crippen molar-refractivity contribution in [3.05, 3.63) is 39.0 Å². The summed E-state index contributed by atoms with van der Waals surface area (Å²) in [6.45, 7) is 4.49. The summed E-state index contributed by atoms with van der Waals surface area (Å²) in [4.78, 5) is 16.9. The summed E-state index contributed by atoms with van der Waals surface area (Å²) in [6.07, 6.45) is 1.56. The van der Waals surface area contributed by atoms with Gasteiger partial charge in [-0.05, 0) is 24.3 Å². The molecule has 0 radical (unpaired) electrons. The molecule has 2 fully saturated rings. The Morgan fingerprint density at radius 2 is 2.08 bits per heavy atom. The molecular weight excluding hydrogens is 415 g/mol. The number of morpholine rings is 1. The van der Waals surface area contributed by atoms with Crippen LogP contribution in [-0.2, 0) is 9.53 Å². The monoisotopic (exact) mass is 430 g/mol.